The first-order valence-electron chi connectivity index (χ1n) is 8.10. The topological polar surface area (TPSA) is 89.9 Å². The van der Waals surface area contributed by atoms with E-state index in [9.17, 15) is 4.79 Å². The van der Waals surface area contributed by atoms with E-state index >= 15 is 0 Å². The first-order valence-corrected chi connectivity index (χ1v) is 8.10. The summed E-state index contributed by atoms with van der Waals surface area (Å²) in [6.07, 6.45) is 8.17. The Morgan fingerprint density at radius 3 is 2.75 bits per heavy atom. The normalized spacial score (nSPS) is 20.6. The zero-order valence-electron chi connectivity index (χ0n) is 14.0. The molecule has 2 aromatic rings. The van der Waals surface area contributed by atoms with E-state index in [1.807, 2.05) is 6.92 Å². The van der Waals surface area contributed by atoms with Crippen LogP contribution < -0.4 is 5.32 Å². The molecule has 0 aromatic carbocycles. The number of aryl methyl sites for hydroxylation is 1. The zero-order valence-corrected chi connectivity index (χ0v) is 14.0. The lowest BCUT2D eigenvalue weighted by Crippen LogP contribution is -2.32. The Balaban J connectivity index is 1.61. The molecule has 7 nitrogen and oxygen atoms in total. The third kappa shape index (κ3) is 3.73. The number of nitrogens with zero attached hydrogens (tertiary/aromatic N) is 4. The van der Waals surface area contributed by atoms with E-state index in [1.54, 1.807) is 31.6 Å². The van der Waals surface area contributed by atoms with Gasteiger partial charge in [-0.1, -0.05) is 0 Å². The van der Waals surface area contributed by atoms with Crippen molar-refractivity contribution in [3.05, 3.63) is 47.6 Å². The van der Waals surface area contributed by atoms with E-state index in [4.69, 9.17) is 4.74 Å². The van der Waals surface area contributed by atoms with Crippen molar-refractivity contribution in [2.75, 3.05) is 6.61 Å². The molecule has 0 spiro atoms. The number of hydrogen-bond acceptors (Lipinski definition) is 6. The van der Waals surface area contributed by atoms with Gasteiger partial charge in [-0.3, -0.25) is 4.79 Å². The van der Waals surface area contributed by atoms with Crippen LogP contribution in [0.3, 0.4) is 0 Å². The van der Waals surface area contributed by atoms with Crippen LogP contribution >= 0.6 is 0 Å². The van der Waals surface area contributed by atoms with Gasteiger partial charge in [0.15, 0.2) is 5.82 Å². The summed E-state index contributed by atoms with van der Waals surface area (Å²) in [5.41, 5.74) is 0.777. The monoisotopic (exact) mass is 327 g/mol. The highest BCUT2D eigenvalue weighted by Gasteiger charge is 2.32. The van der Waals surface area contributed by atoms with Gasteiger partial charge in [-0.05, 0) is 39.2 Å². The Labute approximate surface area is 140 Å². The zero-order chi connectivity index (χ0) is 17.0. The first-order chi connectivity index (χ1) is 11.6. The summed E-state index contributed by atoms with van der Waals surface area (Å²) >= 11 is 0. The first kappa shape index (κ1) is 16.4. The lowest BCUT2D eigenvalue weighted by Gasteiger charge is -2.32. The fraction of sp³-hybridized carbons (Fsp3) is 0.471. The van der Waals surface area contributed by atoms with E-state index < -0.39 is 5.60 Å². The van der Waals surface area contributed by atoms with E-state index in [1.165, 1.54) is 0 Å². The Kier molecular flexibility index (Phi) is 4.80. The molecule has 1 aliphatic rings. The fourth-order valence-corrected chi connectivity index (χ4v) is 2.69. The van der Waals surface area contributed by atoms with Crippen LogP contribution in [0.1, 0.15) is 53.9 Å². The molecular weight excluding hydrogens is 306 g/mol. The SMILES string of the molecule is Cc1nccc(C(=O)NCc2cnc([C@@]3(C)CCCCO3)nc2)n1. The fourth-order valence-electron chi connectivity index (χ4n) is 2.69. The highest BCUT2D eigenvalue weighted by molar-refractivity contribution is 5.92. The number of nitrogens with one attached hydrogen (secondary N) is 1. The minimum atomic E-state index is -0.404. The minimum Gasteiger partial charge on any atom is -0.367 e. The van der Waals surface area contributed by atoms with Crippen LogP contribution in [0.15, 0.2) is 24.7 Å². The summed E-state index contributed by atoms with van der Waals surface area (Å²) in [6.45, 7) is 4.87. The predicted molar refractivity (Wildman–Crippen MR) is 87.1 cm³/mol. The molecule has 2 aromatic heterocycles. The molecule has 3 heterocycles. The number of aromatic nitrogens is 4. The number of carbonyl (C=O) groups is 1. The van der Waals surface area contributed by atoms with Crippen LogP contribution in [0.5, 0.6) is 0 Å². The van der Waals surface area contributed by atoms with Gasteiger partial charge < -0.3 is 10.1 Å². The summed E-state index contributed by atoms with van der Waals surface area (Å²) in [7, 11) is 0. The summed E-state index contributed by atoms with van der Waals surface area (Å²) < 4.78 is 5.85. The number of amides is 1. The van der Waals surface area contributed by atoms with Crippen molar-refractivity contribution in [3.63, 3.8) is 0 Å². The predicted octanol–water partition coefficient (Wildman–Crippen LogP) is 1.92. The van der Waals surface area contributed by atoms with Crippen molar-refractivity contribution in [2.24, 2.45) is 0 Å². The lowest BCUT2D eigenvalue weighted by molar-refractivity contribution is -0.0760. The molecule has 126 valence electrons. The smallest absolute Gasteiger partial charge is 0.270 e. The van der Waals surface area contributed by atoms with Crippen LogP contribution in [0, 0.1) is 6.92 Å². The van der Waals surface area contributed by atoms with Gasteiger partial charge in [-0.2, -0.15) is 0 Å². The molecule has 0 unspecified atom stereocenters. The van der Waals surface area contributed by atoms with Gasteiger partial charge in [0.1, 0.15) is 17.1 Å². The van der Waals surface area contributed by atoms with Gasteiger partial charge in [0.2, 0.25) is 0 Å². The molecule has 0 aliphatic carbocycles. The molecule has 1 fully saturated rings. The summed E-state index contributed by atoms with van der Waals surface area (Å²) in [5.74, 6) is 1.02. The number of hydrogen-bond donors (Lipinski definition) is 1. The molecule has 3 rings (SSSR count). The van der Waals surface area contributed by atoms with E-state index in [2.05, 4.69) is 25.3 Å². The van der Waals surface area contributed by atoms with Gasteiger partial charge in [0, 0.05) is 37.3 Å². The van der Waals surface area contributed by atoms with Gasteiger partial charge in [0.25, 0.3) is 5.91 Å². The van der Waals surface area contributed by atoms with E-state index in [-0.39, 0.29) is 5.91 Å². The highest BCUT2D eigenvalue weighted by atomic mass is 16.5. The van der Waals surface area contributed by atoms with Crippen molar-refractivity contribution >= 4 is 5.91 Å². The van der Waals surface area contributed by atoms with Gasteiger partial charge in [-0.15, -0.1) is 0 Å². The standard InChI is InChI=1S/C17H21N5O2/c1-12-18-7-5-14(22-12)15(23)19-9-13-10-20-16(21-11-13)17(2)6-3-4-8-24-17/h5,7,10-11H,3-4,6,8-9H2,1-2H3,(H,19,23)/t17-/m1/s1. The second kappa shape index (κ2) is 7.00. The van der Waals surface area contributed by atoms with Crippen LogP contribution in [0.2, 0.25) is 0 Å². The maximum atomic E-state index is 12.1. The largest absolute Gasteiger partial charge is 0.367 e. The number of ether oxygens (including phenoxy) is 1. The summed E-state index contributed by atoms with van der Waals surface area (Å²) in [4.78, 5) is 29.0. The number of carbonyl (C=O) groups excluding carboxylic acids is 1. The third-order valence-corrected chi connectivity index (χ3v) is 4.11. The van der Waals surface area contributed by atoms with Crippen molar-refractivity contribution in [1.29, 1.82) is 0 Å². The Hall–Kier alpha value is -2.41. The molecule has 1 N–H and O–H groups in total. The quantitative estimate of drug-likeness (QED) is 0.923. The average molecular weight is 327 g/mol. The van der Waals surface area contributed by atoms with Crippen molar-refractivity contribution < 1.29 is 9.53 Å². The van der Waals surface area contributed by atoms with Gasteiger partial charge >= 0.3 is 0 Å². The van der Waals surface area contributed by atoms with Crippen molar-refractivity contribution in [1.82, 2.24) is 25.3 Å². The molecular formula is C17H21N5O2. The van der Waals surface area contributed by atoms with Crippen LogP contribution in [0.25, 0.3) is 0 Å². The average Bonchev–Trinajstić information content (AvgIpc) is 2.61. The molecule has 0 radical (unpaired) electrons. The molecule has 1 amide bonds. The van der Waals surface area contributed by atoms with Crippen molar-refractivity contribution in [2.45, 2.75) is 45.3 Å². The summed E-state index contributed by atoms with van der Waals surface area (Å²) in [5, 5.41) is 2.81. The van der Waals surface area contributed by atoms with Gasteiger partial charge in [0.05, 0.1) is 0 Å². The van der Waals surface area contributed by atoms with Crippen LogP contribution in [-0.2, 0) is 16.9 Å². The number of rotatable bonds is 4. The molecule has 7 heteroatoms. The summed E-state index contributed by atoms with van der Waals surface area (Å²) in [6, 6.07) is 1.59. The second-order valence-electron chi connectivity index (χ2n) is 6.12. The molecule has 1 atom stereocenters. The minimum absolute atomic E-state index is 0.243. The van der Waals surface area contributed by atoms with Crippen molar-refractivity contribution in [3.8, 4) is 0 Å². The molecule has 0 bridgehead atoms. The Morgan fingerprint density at radius 1 is 1.29 bits per heavy atom. The van der Waals surface area contributed by atoms with Crippen LogP contribution in [0.4, 0.5) is 0 Å². The van der Waals surface area contributed by atoms with E-state index in [0.29, 0.717) is 23.9 Å². The molecule has 1 saturated heterocycles. The highest BCUT2D eigenvalue weighted by Crippen LogP contribution is 2.32. The molecule has 24 heavy (non-hydrogen) atoms. The maximum Gasteiger partial charge on any atom is 0.270 e. The lowest BCUT2D eigenvalue weighted by atomic mass is 9.95. The Bertz CT molecular complexity index is 711. The Morgan fingerprint density at radius 2 is 2.08 bits per heavy atom. The van der Waals surface area contributed by atoms with E-state index in [0.717, 1.165) is 31.4 Å². The maximum absolute atomic E-state index is 12.1. The molecule has 0 saturated carbocycles. The molecule has 1 aliphatic heterocycles. The van der Waals surface area contributed by atoms with Crippen LogP contribution in [-0.4, -0.2) is 32.4 Å². The third-order valence-electron chi connectivity index (χ3n) is 4.11. The van der Waals surface area contributed by atoms with Gasteiger partial charge in [-0.25, -0.2) is 19.9 Å². The second-order valence-corrected chi connectivity index (χ2v) is 6.12.